The molecule has 0 amide bonds. The molecule has 0 radical (unpaired) electrons. The van der Waals surface area contributed by atoms with Crippen LogP contribution in [0.25, 0.3) is 0 Å². The third-order valence-corrected chi connectivity index (χ3v) is 0. The average Bonchev–Trinajstić information content (AvgIpc) is 1.71. The third kappa shape index (κ3) is 102. The summed E-state index contributed by atoms with van der Waals surface area (Å²) in [5.74, 6) is 0. The summed E-state index contributed by atoms with van der Waals surface area (Å²) in [6.07, 6.45) is -1.83. The van der Waals surface area contributed by atoms with Gasteiger partial charge in [-0.3, -0.25) is 0 Å². The van der Waals surface area contributed by atoms with Crippen LogP contribution in [0.5, 0.6) is 0 Å². The molecule has 0 aliphatic carbocycles. The maximum absolute atomic E-state index is 8.56. The molecule has 0 unspecified atom stereocenters. The Morgan fingerprint density at radius 1 is 1.30 bits per heavy atom. The van der Waals surface area contributed by atoms with Crippen molar-refractivity contribution in [3.05, 3.63) is 0 Å². The summed E-state index contributed by atoms with van der Waals surface area (Å²) in [5.41, 5.74) is 0. The minimum absolute atomic E-state index is 0. The van der Waals surface area contributed by atoms with Gasteiger partial charge < -0.3 is 28.4 Å². The Morgan fingerprint density at radius 2 is 1.30 bits per heavy atom. The zero-order valence-electron chi connectivity index (χ0n) is 4.64. The summed E-state index contributed by atoms with van der Waals surface area (Å²) < 4.78 is 4.83. The topological polar surface area (TPSA) is 57.5 Å². The second kappa shape index (κ2) is 29.4. The maximum atomic E-state index is 8.56. The molecule has 0 heterocycles. The SMILES string of the molecule is O=C(O)O.[Cl][K].[Cl][Mg][Cl].[NaH]. The second-order valence-electron chi connectivity index (χ2n) is 0.384. The van der Waals surface area contributed by atoms with Gasteiger partial charge in [0.15, 0.2) is 0 Å². The van der Waals surface area contributed by atoms with Crippen molar-refractivity contribution in [1.82, 2.24) is 0 Å². The minimum atomic E-state index is -1.83. The van der Waals surface area contributed by atoms with Crippen LogP contribution in [0.1, 0.15) is 0 Å². The molecule has 0 rings (SSSR count). The Kier molecular flexibility index (Phi) is 68.7. The average molecular weight is 256 g/mol. The molecule has 50 valence electrons. The fourth-order valence-electron chi connectivity index (χ4n) is 0. The van der Waals surface area contributed by atoms with Gasteiger partial charge in [0.2, 0.25) is 0 Å². The first-order valence-corrected chi connectivity index (χ1v) is 10.1. The van der Waals surface area contributed by atoms with Crippen molar-refractivity contribution in [2.45, 2.75) is 0 Å². The molecule has 0 aliphatic heterocycles. The summed E-state index contributed by atoms with van der Waals surface area (Å²) in [5, 5.41) is 13.9. The normalized spacial score (nSPS) is 4.10. The first-order chi connectivity index (χ1) is 4.15. The summed E-state index contributed by atoms with van der Waals surface area (Å²) >= 11 is -0.104. The van der Waals surface area contributed by atoms with E-state index in [-0.39, 0.29) is 29.6 Å². The molecule has 0 aromatic heterocycles. The van der Waals surface area contributed by atoms with Gasteiger partial charge in [0.25, 0.3) is 0 Å². The molecule has 0 spiro atoms. The number of hydrogen-bond acceptors (Lipinski definition) is 1. The molecule has 3 nitrogen and oxygen atoms in total. The standard InChI is InChI=1S/CH2O3.3ClH.K.Mg.Na.H/c2-1(3)4;;;;;;;/h(H2,2,3,4);3*1H;;;;/q;;;;+1;+2;;/p-3. The van der Waals surface area contributed by atoms with Gasteiger partial charge in [-0.15, -0.1) is 0 Å². The van der Waals surface area contributed by atoms with Crippen LogP contribution in [0.2, 0.25) is 0 Å². The zero-order chi connectivity index (χ0) is 8.28. The fourth-order valence-corrected chi connectivity index (χ4v) is 0. The quantitative estimate of drug-likeness (QED) is 0.632. The molecule has 0 fully saturated rings. The molecule has 10 heavy (non-hydrogen) atoms. The monoisotopic (exact) mass is 254 g/mol. The van der Waals surface area contributed by atoms with Gasteiger partial charge in [0.1, 0.15) is 0 Å². The van der Waals surface area contributed by atoms with E-state index < -0.39 is 24.3 Å². The van der Waals surface area contributed by atoms with Gasteiger partial charge in [0, 0.05) is 0 Å². The summed E-state index contributed by atoms with van der Waals surface area (Å²) in [6.45, 7) is 0. The molecule has 9 heteroatoms. The van der Waals surface area contributed by atoms with Crippen molar-refractivity contribution in [3.8, 4) is 0 Å². The van der Waals surface area contributed by atoms with E-state index in [0.717, 1.165) is 0 Å². The Labute approximate surface area is 134 Å². The molecule has 0 bridgehead atoms. The van der Waals surface area contributed by atoms with Crippen LogP contribution in [0.4, 0.5) is 4.79 Å². The van der Waals surface area contributed by atoms with E-state index in [1.807, 2.05) is 0 Å². The van der Waals surface area contributed by atoms with Gasteiger partial charge in [-0.05, 0) is 0 Å². The van der Waals surface area contributed by atoms with E-state index >= 15 is 0 Å². The summed E-state index contributed by atoms with van der Waals surface area (Å²) in [7, 11) is 9.81. The molecule has 0 aromatic carbocycles. The summed E-state index contributed by atoms with van der Waals surface area (Å²) in [4.78, 5) is 8.56. The first kappa shape index (κ1) is 23.4. The number of hydrogen-bond donors (Lipinski definition) is 2. The predicted molar refractivity (Wildman–Crippen MR) is 46.9 cm³/mol. The van der Waals surface area contributed by atoms with Crippen molar-refractivity contribution in [2.75, 3.05) is 0 Å². The van der Waals surface area contributed by atoms with Crippen LogP contribution in [0.15, 0.2) is 0 Å². The Bertz CT molecular complexity index is 55.0. The fraction of sp³-hybridized carbons (Fsp3) is 0. The van der Waals surface area contributed by atoms with Crippen LogP contribution in [-0.2, 0) is 0 Å². The number of carbonyl (C=O) groups is 1. The van der Waals surface area contributed by atoms with Gasteiger partial charge in [-0.25, -0.2) is 4.79 Å². The number of rotatable bonds is 0. The summed E-state index contributed by atoms with van der Waals surface area (Å²) in [6, 6.07) is 0. The third-order valence-electron chi connectivity index (χ3n) is 0. The molecule has 2 N–H and O–H groups in total. The molecule has 0 aromatic rings. The van der Waals surface area contributed by atoms with Gasteiger partial charge in [-0.1, -0.05) is 0 Å². The second-order valence-corrected chi connectivity index (χ2v) is 3.01. The van der Waals surface area contributed by atoms with E-state index in [2.05, 4.69) is 0 Å². The number of halogens is 3. The van der Waals surface area contributed by atoms with Crippen LogP contribution >= 0.6 is 21.9 Å². The molecular formula is CH3Cl3KMgNaO3. The first-order valence-electron chi connectivity index (χ1n) is 1.56. The Hall–Kier alpha value is 3.54. The molecule has 0 atom stereocenters. The van der Waals surface area contributed by atoms with E-state index in [9.17, 15) is 0 Å². The van der Waals surface area contributed by atoms with Crippen molar-refractivity contribution < 1.29 is 15.0 Å². The van der Waals surface area contributed by atoms with Crippen LogP contribution in [0, 0.1) is 0 Å². The molecular weight excluding hydrogens is 253 g/mol. The van der Waals surface area contributed by atoms with Crippen LogP contribution in [-0.4, -0.2) is 111 Å². The van der Waals surface area contributed by atoms with Gasteiger partial charge >= 0.3 is 105 Å². The van der Waals surface area contributed by atoms with E-state index in [1.54, 1.807) is 0 Å². The van der Waals surface area contributed by atoms with Crippen LogP contribution < -0.4 is 0 Å². The van der Waals surface area contributed by atoms with Crippen molar-refractivity contribution >= 4 is 123 Å². The predicted octanol–water partition coefficient (Wildman–Crippen LogP) is 0.881. The van der Waals surface area contributed by atoms with Crippen molar-refractivity contribution in [3.63, 3.8) is 0 Å². The van der Waals surface area contributed by atoms with E-state index in [0.29, 0.717) is 47.1 Å². The molecule has 0 saturated carbocycles. The van der Waals surface area contributed by atoms with Crippen molar-refractivity contribution in [1.29, 1.82) is 0 Å². The van der Waals surface area contributed by atoms with E-state index in [4.69, 9.17) is 36.9 Å². The Balaban J connectivity index is -0.0000000273. The Morgan fingerprint density at radius 3 is 1.30 bits per heavy atom. The number of carboxylic acid groups (broad SMARTS) is 2. The van der Waals surface area contributed by atoms with Crippen molar-refractivity contribution in [2.24, 2.45) is 0 Å². The van der Waals surface area contributed by atoms with Crippen LogP contribution in [0.3, 0.4) is 0 Å². The zero-order valence-corrected chi connectivity index (χ0v) is 11.4. The van der Waals surface area contributed by atoms with Gasteiger partial charge in [-0.2, -0.15) is 0 Å². The van der Waals surface area contributed by atoms with E-state index in [1.165, 1.54) is 0 Å². The van der Waals surface area contributed by atoms with Gasteiger partial charge in [0.05, 0.1) is 0 Å². The molecule has 0 aliphatic rings. The molecule has 0 saturated heterocycles.